The molecule has 2 aliphatic rings. The molecule has 2 fully saturated rings. The van der Waals surface area contributed by atoms with Crippen LogP contribution in [0.5, 0.6) is 0 Å². The van der Waals surface area contributed by atoms with Gasteiger partial charge in [0.25, 0.3) is 0 Å². The highest BCUT2D eigenvalue weighted by atomic mass is 16.5. The van der Waals surface area contributed by atoms with E-state index < -0.39 is 5.54 Å². The Kier molecular flexibility index (Phi) is 5.24. The van der Waals surface area contributed by atoms with E-state index in [4.69, 9.17) is 4.74 Å². The van der Waals surface area contributed by atoms with Gasteiger partial charge in [-0.25, -0.2) is 0 Å². The molecule has 1 aromatic rings. The summed E-state index contributed by atoms with van der Waals surface area (Å²) in [6.45, 7) is 6.79. The third-order valence-electron chi connectivity index (χ3n) is 6.50. The van der Waals surface area contributed by atoms with E-state index in [1.165, 1.54) is 18.4 Å². The van der Waals surface area contributed by atoms with Crippen LogP contribution in [0.15, 0.2) is 30.3 Å². The van der Waals surface area contributed by atoms with Crippen LogP contribution < -0.4 is 0 Å². The lowest BCUT2D eigenvalue weighted by Crippen LogP contribution is -2.45. The quantitative estimate of drug-likeness (QED) is 0.738. The molecule has 0 amide bonds. The number of hydrogen-bond donors (Lipinski definition) is 0. The van der Waals surface area contributed by atoms with Gasteiger partial charge in [0.15, 0.2) is 0 Å². The lowest BCUT2D eigenvalue weighted by atomic mass is 9.75. The minimum atomic E-state index is -0.483. The number of ether oxygens (including phenoxy) is 1. The summed E-state index contributed by atoms with van der Waals surface area (Å²) < 4.78 is 6.20. The standard InChI is InChI=1S/C22H33NO2/c1-15(2)18-12-11-16(3)13-20(18)25-21(24)22(23(4)5)14-19(22)17-9-7-6-8-10-17/h6-10,15-16,18-20H,11-14H2,1-5H3/t16-,18-,19-,20+,22+/m0/s1. The number of likely N-dealkylation sites (N-methyl/N-ethyl adjacent to an activating group) is 1. The van der Waals surface area contributed by atoms with Crippen molar-refractivity contribution in [3.05, 3.63) is 35.9 Å². The zero-order chi connectivity index (χ0) is 18.2. The number of nitrogens with zero attached hydrogens (tertiary/aromatic N) is 1. The molecule has 0 spiro atoms. The smallest absolute Gasteiger partial charge is 0.327 e. The van der Waals surface area contributed by atoms with E-state index in [0.29, 0.717) is 17.8 Å². The van der Waals surface area contributed by atoms with Gasteiger partial charge >= 0.3 is 5.97 Å². The molecule has 25 heavy (non-hydrogen) atoms. The molecule has 2 saturated carbocycles. The summed E-state index contributed by atoms with van der Waals surface area (Å²) in [7, 11) is 4.02. The number of carbonyl (C=O) groups excluding carboxylic acids is 1. The van der Waals surface area contributed by atoms with E-state index in [-0.39, 0.29) is 18.0 Å². The summed E-state index contributed by atoms with van der Waals surface area (Å²) in [5, 5.41) is 0. The third kappa shape index (κ3) is 3.48. The van der Waals surface area contributed by atoms with Gasteiger partial charge in [-0.1, -0.05) is 57.5 Å². The van der Waals surface area contributed by atoms with Gasteiger partial charge in [0.2, 0.25) is 0 Å². The first-order chi connectivity index (χ1) is 11.9. The van der Waals surface area contributed by atoms with Crippen molar-refractivity contribution in [2.75, 3.05) is 14.1 Å². The molecular formula is C22H33NO2. The van der Waals surface area contributed by atoms with Crippen molar-refractivity contribution >= 4 is 5.97 Å². The largest absolute Gasteiger partial charge is 0.461 e. The van der Waals surface area contributed by atoms with Crippen LogP contribution in [0.4, 0.5) is 0 Å². The molecule has 0 bridgehead atoms. The maximum Gasteiger partial charge on any atom is 0.327 e. The fraction of sp³-hybridized carbons (Fsp3) is 0.682. The van der Waals surface area contributed by atoms with Crippen molar-refractivity contribution in [1.82, 2.24) is 4.90 Å². The maximum absolute atomic E-state index is 13.2. The second kappa shape index (κ2) is 7.11. The molecule has 0 unspecified atom stereocenters. The molecule has 2 aliphatic carbocycles. The van der Waals surface area contributed by atoms with Gasteiger partial charge in [-0.2, -0.15) is 0 Å². The number of hydrogen-bond acceptors (Lipinski definition) is 3. The van der Waals surface area contributed by atoms with E-state index in [2.05, 4.69) is 49.9 Å². The molecule has 3 nitrogen and oxygen atoms in total. The Balaban J connectivity index is 1.76. The first-order valence-corrected chi connectivity index (χ1v) is 9.79. The summed E-state index contributed by atoms with van der Waals surface area (Å²) in [4.78, 5) is 15.3. The van der Waals surface area contributed by atoms with Crippen LogP contribution in [0.1, 0.15) is 57.9 Å². The normalized spacial score (nSPS) is 35.0. The third-order valence-corrected chi connectivity index (χ3v) is 6.50. The minimum absolute atomic E-state index is 0.0175. The summed E-state index contributed by atoms with van der Waals surface area (Å²) in [6, 6.07) is 10.4. The highest BCUT2D eigenvalue weighted by Crippen LogP contribution is 2.55. The van der Waals surface area contributed by atoms with Crippen LogP contribution >= 0.6 is 0 Å². The summed E-state index contributed by atoms with van der Waals surface area (Å²) in [6.07, 6.45) is 4.37. The van der Waals surface area contributed by atoms with Gasteiger partial charge in [-0.15, -0.1) is 0 Å². The number of carbonyl (C=O) groups is 1. The van der Waals surface area contributed by atoms with Gasteiger partial charge in [0.1, 0.15) is 11.6 Å². The van der Waals surface area contributed by atoms with Crippen molar-refractivity contribution in [2.24, 2.45) is 17.8 Å². The summed E-state index contributed by atoms with van der Waals surface area (Å²) in [5.41, 5.74) is 0.759. The van der Waals surface area contributed by atoms with Crippen molar-refractivity contribution in [1.29, 1.82) is 0 Å². The molecule has 5 atom stereocenters. The molecule has 1 aromatic carbocycles. The number of benzene rings is 1. The van der Waals surface area contributed by atoms with Crippen molar-refractivity contribution < 1.29 is 9.53 Å². The lowest BCUT2D eigenvalue weighted by Gasteiger charge is -2.38. The Bertz CT molecular complexity index is 597. The van der Waals surface area contributed by atoms with E-state index in [0.717, 1.165) is 12.8 Å². The average molecular weight is 344 g/mol. The molecule has 0 radical (unpaired) electrons. The van der Waals surface area contributed by atoms with E-state index in [1.807, 2.05) is 20.2 Å². The van der Waals surface area contributed by atoms with Crippen molar-refractivity contribution in [2.45, 2.75) is 64.0 Å². The van der Waals surface area contributed by atoms with E-state index >= 15 is 0 Å². The zero-order valence-electron chi connectivity index (χ0n) is 16.4. The van der Waals surface area contributed by atoms with E-state index in [1.54, 1.807) is 0 Å². The van der Waals surface area contributed by atoms with Crippen LogP contribution in [0.25, 0.3) is 0 Å². The number of esters is 1. The fourth-order valence-electron chi connectivity index (χ4n) is 4.72. The second-order valence-corrected chi connectivity index (χ2v) is 8.76. The predicted octanol–water partition coefficient (Wildman–Crippen LogP) is 4.48. The lowest BCUT2D eigenvalue weighted by molar-refractivity contribution is -0.163. The Morgan fingerprint density at radius 2 is 1.88 bits per heavy atom. The summed E-state index contributed by atoms with van der Waals surface area (Å²) in [5.74, 6) is 1.93. The van der Waals surface area contributed by atoms with Crippen LogP contribution in [0.2, 0.25) is 0 Å². The fourth-order valence-corrected chi connectivity index (χ4v) is 4.72. The first kappa shape index (κ1) is 18.4. The monoisotopic (exact) mass is 343 g/mol. The van der Waals surface area contributed by atoms with Crippen LogP contribution in [0.3, 0.4) is 0 Å². The average Bonchev–Trinajstić information content (AvgIpc) is 3.32. The van der Waals surface area contributed by atoms with Gasteiger partial charge in [-0.3, -0.25) is 9.69 Å². The molecule has 0 N–H and O–H groups in total. The Hall–Kier alpha value is -1.35. The second-order valence-electron chi connectivity index (χ2n) is 8.76. The Labute approximate surface area is 152 Å². The summed E-state index contributed by atoms with van der Waals surface area (Å²) >= 11 is 0. The van der Waals surface area contributed by atoms with Crippen molar-refractivity contribution in [3.63, 3.8) is 0 Å². The van der Waals surface area contributed by atoms with Crippen LogP contribution in [-0.4, -0.2) is 36.6 Å². The van der Waals surface area contributed by atoms with E-state index in [9.17, 15) is 4.79 Å². The Morgan fingerprint density at radius 1 is 1.20 bits per heavy atom. The Morgan fingerprint density at radius 3 is 2.48 bits per heavy atom. The highest BCUT2D eigenvalue weighted by molar-refractivity contribution is 5.87. The molecule has 3 rings (SSSR count). The van der Waals surface area contributed by atoms with Gasteiger partial charge in [0.05, 0.1) is 0 Å². The van der Waals surface area contributed by atoms with Gasteiger partial charge in [0, 0.05) is 5.92 Å². The molecule has 0 heterocycles. The van der Waals surface area contributed by atoms with Gasteiger partial charge < -0.3 is 4.74 Å². The van der Waals surface area contributed by atoms with Crippen LogP contribution in [0, 0.1) is 17.8 Å². The van der Waals surface area contributed by atoms with Crippen molar-refractivity contribution in [3.8, 4) is 0 Å². The zero-order valence-corrected chi connectivity index (χ0v) is 16.4. The molecule has 138 valence electrons. The maximum atomic E-state index is 13.2. The van der Waals surface area contributed by atoms with Crippen LogP contribution in [-0.2, 0) is 9.53 Å². The molecule has 0 aromatic heterocycles. The number of rotatable bonds is 5. The topological polar surface area (TPSA) is 29.5 Å². The SMILES string of the molecule is CC(C)[C@@H]1CC[C@H](C)C[C@H]1OC(=O)[C@@]1(N(C)C)C[C@H]1c1ccccc1. The highest BCUT2D eigenvalue weighted by Gasteiger charge is 2.64. The molecule has 0 aliphatic heterocycles. The molecular weight excluding hydrogens is 310 g/mol. The minimum Gasteiger partial charge on any atom is -0.461 e. The predicted molar refractivity (Wildman–Crippen MR) is 101 cm³/mol. The molecule has 3 heteroatoms. The first-order valence-electron chi connectivity index (χ1n) is 9.79. The molecule has 0 saturated heterocycles. The van der Waals surface area contributed by atoms with Gasteiger partial charge in [-0.05, 0) is 56.7 Å².